The third kappa shape index (κ3) is 3.93. The molecule has 0 bridgehead atoms. The molecule has 2 aliphatic heterocycles. The van der Waals surface area contributed by atoms with Crippen molar-refractivity contribution < 1.29 is 14.2 Å². The third-order valence-corrected chi connectivity index (χ3v) is 7.19. The second kappa shape index (κ2) is 7.84. The quantitative estimate of drug-likeness (QED) is 0.746. The topological polar surface area (TPSA) is 27.7 Å². The van der Waals surface area contributed by atoms with Crippen LogP contribution in [0.1, 0.15) is 61.8 Å². The van der Waals surface area contributed by atoms with Crippen molar-refractivity contribution in [3.05, 3.63) is 0 Å². The van der Waals surface area contributed by atoms with Gasteiger partial charge in [0, 0.05) is 5.92 Å². The number of rotatable bonds is 4. The second-order valence-corrected chi connectivity index (χ2v) is 8.32. The van der Waals surface area contributed by atoms with Crippen LogP contribution in [0.3, 0.4) is 0 Å². The van der Waals surface area contributed by atoms with Crippen LogP contribution in [0, 0.1) is 35.5 Å². The summed E-state index contributed by atoms with van der Waals surface area (Å²) >= 11 is 0. The van der Waals surface area contributed by atoms with Crippen molar-refractivity contribution in [1.82, 2.24) is 0 Å². The lowest BCUT2D eigenvalue weighted by atomic mass is 9.77. The van der Waals surface area contributed by atoms with E-state index in [1.54, 1.807) is 0 Å². The summed E-state index contributed by atoms with van der Waals surface area (Å²) in [5.74, 6) is 3.46. The minimum Gasteiger partial charge on any atom is -0.372 e. The SMILES string of the molecule is CCC1O[C@@H](OCC2O[C@@H](C)[C@H](C)C(C)[C@H]2C)[C@H](C)C(C)[C@H]1C. The first-order valence-electron chi connectivity index (χ1n) is 9.70. The van der Waals surface area contributed by atoms with Crippen molar-refractivity contribution in [1.29, 1.82) is 0 Å². The first-order valence-corrected chi connectivity index (χ1v) is 9.70. The Morgan fingerprint density at radius 1 is 0.652 bits per heavy atom. The van der Waals surface area contributed by atoms with Crippen LogP contribution >= 0.6 is 0 Å². The van der Waals surface area contributed by atoms with Crippen molar-refractivity contribution in [2.45, 2.75) is 86.4 Å². The highest BCUT2D eigenvalue weighted by Gasteiger charge is 2.41. The molecular formula is C20H38O3. The number of hydrogen-bond acceptors (Lipinski definition) is 3. The highest BCUT2D eigenvalue weighted by Crippen LogP contribution is 2.38. The van der Waals surface area contributed by atoms with Crippen LogP contribution in [0.25, 0.3) is 0 Å². The van der Waals surface area contributed by atoms with Gasteiger partial charge in [-0.2, -0.15) is 0 Å². The van der Waals surface area contributed by atoms with E-state index in [0.29, 0.717) is 54.3 Å². The van der Waals surface area contributed by atoms with Crippen LogP contribution in [-0.2, 0) is 14.2 Å². The van der Waals surface area contributed by atoms with Crippen LogP contribution in [0.15, 0.2) is 0 Å². The highest BCUT2D eigenvalue weighted by molar-refractivity contribution is 4.85. The van der Waals surface area contributed by atoms with Crippen molar-refractivity contribution >= 4 is 0 Å². The summed E-state index contributed by atoms with van der Waals surface area (Å²) < 4.78 is 18.7. The fourth-order valence-corrected chi connectivity index (χ4v) is 4.29. The van der Waals surface area contributed by atoms with E-state index in [0.717, 1.165) is 6.42 Å². The van der Waals surface area contributed by atoms with E-state index in [1.807, 2.05) is 0 Å². The maximum absolute atomic E-state index is 6.25. The van der Waals surface area contributed by atoms with Gasteiger partial charge in [-0.25, -0.2) is 0 Å². The second-order valence-electron chi connectivity index (χ2n) is 8.32. The highest BCUT2D eigenvalue weighted by atomic mass is 16.7. The lowest BCUT2D eigenvalue weighted by Crippen LogP contribution is -2.49. The van der Waals surface area contributed by atoms with Gasteiger partial charge in [-0.15, -0.1) is 0 Å². The summed E-state index contributed by atoms with van der Waals surface area (Å²) in [5.41, 5.74) is 0. The molecule has 0 aromatic heterocycles. The Hall–Kier alpha value is -0.120. The normalized spacial score (nSPS) is 51.7. The van der Waals surface area contributed by atoms with Crippen molar-refractivity contribution in [2.24, 2.45) is 35.5 Å². The van der Waals surface area contributed by atoms with E-state index in [1.165, 1.54) is 0 Å². The number of hydrogen-bond donors (Lipinski definition) is 0. The zero-order chi connectivity index (χ0) is 17.3. The Kier molecular flexibility index (Phi) is 6.55. The first-order chi connectivity index (χ1) is 10.8. The molecule has 0 aromatic rings. The Balaban J connectivity index is 1.94. The summed E-state index contributed by atoms with van der Waals surface area (Å²) in [4.78, 5) is 0. The third-order valence-electron chi connectivity index (χ3n) is 7.19. The number of ether oxygens (including phenoxy) is 3. The van der Waals surface area contributed by atoms with E-state index in [-0.39, 0.29) is 12.4 Å². The summed E-state index contributed by atoms with van der Waals surface area (Å²) in [7, 11) is 0. The Morgan fingerprint density at radius 3 is 1.83 bits per heavy atom. The standard InChI is InChI=1S/C20H38O3/c1-9-18-14(5)12(3)16(7)20(23-18)21-10-19-15(6)11(2)13(4)17(8)22-19/h11-20H,9-10H2,1-8H3/t11?,12?,13-,14-,15-,16-,17+,18?,19?,20-/m1/s1. The minimum absolute atomic E-state index is 0.0908. The van der Waals surface area contributed by atoms with Crippen LogP contribution in [0.2, 0.25) is 0 Å². The molecule has 2 aliphatic rings. The molecule has 0 aromatic carbocycles. The molecule has 2 heterocycles. The first kappa shape index (κ1) is 19.2. The van der Waals surface area contributed by atoms with Gasteiger partial charge in [0.25, 0.3) is 0 Å². The summed E-state index contributed by atoms with van der Waals surface area (Å²) in [5, 5.41) is 0. The van der Waals surface area contributed by atoms with Crippen molar-refractivity contribution in [3.8, 4) is 0 Å². The predicted molar refractivity (Wildman–Crippen MR) is 94.2 cm³/mol. The van der Waals surface area contributed by atoms with Crippen LogP contribution in [-0.4, -0.2) is 31.2 Å². The minimum atomic E-state index is -0.0908. The molecule has 3 nitrogen and oxygen atoms in total. The molecule has 0 aliphatic carbocycles. The van der Waals surface area contributed by atoms with Gasteiger partial charge in [-0.05, 0) is 42.9 Å². The maximum atomic E-state index is 6.25. The van der Waals surface area contributed by atoms with Gasteiger partial charge in [-0.1, -0.05) is 48.5 Å². The van der Waals surface area contributed by atoms with Gasteiger partial charge < -0.3 is 14.2 Å². The smallest absolute Gasteiger partial charge is 0.160 e. The predicted octanol–water partition coefficient (Wildman–Crippen LogP) is 4.74. The molecule has 23 heavy (non-hydrogen) atoms. The summed E-state index contributed by atoms with van der Waals surface area (Å²) in [6, 6.07) is 0. The zero-order valence-electron chi connectivity index (χ0n) is 16.4. The van der Waals surface area contributed by atoms with E-state index >= 15 is 0 Å². The van der Waals surface area contributed by atoms with Crippen molar-refractivity contribution in [3.63, 3.8) is 0 Å². The molecular weight excluding hydrogens is 288 g/mol. The van der Waals surface area contributed by atoms with Crippen LogP contribution in [0.4, 0.5) is 0 Å². The van der Waals surface area contributed by atoms with Gasteiger partial charge in [0.2, 0.25) is 0 Å². The van der Waals surface area contributed by atoms with Crippen molar-refractivity contribution in [2.75, 3.05) is 6.61 Å². The summed E-state index contributed by atoms with van der Waals surface area (Å²) in [6.45, 7) is 18.9. The van der Waals surface area contributed by atoms with Crippen LogP contribution in [0.5, 0.6) is 0 Å². The lowest BCUT2D eigenvalue weighted by Gasteiger charge is -2.45. The molecule has 4 unspecified atom stereocenters. The monoisotopic (exact) mass is 326 g/mol. The average molecular weight is 327 g/mol. The van der Waals surface area contributed by atoms with E-state index in [9.17, 15) is 0 Å². The molecule has 0 amide bonds. The van der Waals surface area contributed by atoms with Gasteiger partial charge in [0.1, 0.15) is 0 Å². The molecule has 2 saturated heterocycles. The maximum Gasteiger partial charge on any atom is 0.160 e. The molecule has 2 rings (SSSR count). The lowest BCUT2D eigenvalue weighted by molar-refractivity contribution is -0.265. The molecule has 136 valence electrons. The Labute approximate surface area is 143 Å². The average Bonchev–Trinajstić information content (AvgIpc) is 2.54. The Bertz CT molecular complexity index is 370. The van der Waals surface area contributed by atoms with Crippen LogP contribution < -0.4 is 0 Å². The molecule has 10 atom stereocenters. The summed E-state index contributed by atoms with van der Waals surface area (Å²) in [6.07, 6.45) is 1.77. The van der Waals surface area contributed by atoms with Gasteiger partial charge in [-0.3, -0.25) is 0 Å². The Morgan fingerprint density at radius 2 is 1.22 bits per heavy atom. The molecule has 0 spiro atoms. The van der Waals surface area contributed by atoms with E-state index in [4.69, 9.17) is 14.2 Å². The van der Waals surface area contributed by atoms with Gasteiger partial charge >= 0.3 is 0 Å². The largest absolute Gasteiger partial charge is 0.372 e. The van der Waals surface area contributed by atoms with E-state index < -0.39 is 0 Å². The molecule has 2 fully saturated rings. The van der Waals surface area contributed by atoms with E-state index in [2.05, 4.69) is 55.4 Å². The fourth-order valence-electron chi connectivity index (χ4n) is 4.29. The van der Waals surface area contributed by atoms with Gasteiger partial charge in [0.05, 0.1) is 24.9 Å². The fraction of sp³-hybridized carbons (Fsp3) is 1.00. The molecule has 3 heteroatoms. The van der Waals surface area contributed by atoms with Gasteiger partial charge in [0.15, 0.2) is 6.29 Å². The molecule has 0 N–H and O–H groups in total. The molecule has 0 saturated carbocycles. The molecule has 0 radical (unpaired) electrons. The zero-order valence-corrected chi connectivity index (χ0v) is 16.4.